The van der Waals surface area contributed by atoms with Crippen LogP contribution in [0.25, 0.3) is 22.9 Å². The van der Waals surface area contributed by atoms with Crippen molar-refractivity contribution in [3.8, 4) is 22.9 Å². The van der Waals surface area contributed by atoms with Crippen molar-refractivity contribution in [3.05, 3.63) is 94.5 Å². The average Bonchev–Trinajstić information content (AvgIpc) is 3.35. The molecule has 0 radical (unpaired) electrons. The number of hydrogen-bond donors (Lipinski definition) is 0. The Morgan fingerprint density at radius 2 is 1.40 bits per heavy atom. The molecule has 4 rings (SSSR count). The summed E-state index contributed by atoms with van der Waals surface area (Å²) in [5.74, 6) is -0.0734. The molecule has 1 heterocycles. The predicted octanol–water partition coefficient (Wildman–Crippen LogP) is 5.14. The van der Waals surface area contributed by atoms with E-state index in [2.05, 4.69) is 16.3 Å². The van der Waals surface area contributed by atoms with Crippen LogP contribution in [0.4, 0.5) is 0 Å². The van der Waals surface area contributed by atoms with Gasteiger partial charge in [-0.25, -0.2) is 4.79 Å². The van der Waals surface area contributed by atoms with Gasteiger partial charge in [-0.05, 0) is 68.3 Å². The summed E-state index contributed by atoms with van der Waals surface area (Å²) in [6.45, 7) is 6.18. The second-order valence-corrected chi connectivity index (χ2v) is 8.61. The van der Waals surface area contributed by atoms with Gasteiger partial charge in [0.1, 0.15) is 0 Å². The zero-order valence-electron chi connectivity index (χ0n) is 20.2. The van der Waals surface area contributed by atoms with E-state index in [0.29, 0.717) is 29.5 Å². The van der Waals surface area contributed by atoms with Gasteiger partial charge in [-0.2, -0.15) is 0 Å². The van der Waals surface area contributed by atoms with Crippen LogP contribution in [0.15, 0.2) is 71.1 Å². The van der Waals surface area contributed by atoms with E-state index in [1.807, 2.05) is 57.2 Å². The summed E-state index contributed by atoms with van der Waals surface area (Å²) >= 11 is 0. The summed E-state index contributed by atoms with van der Waals surface area (Å²) in [5, 5.41) is 8.21. The molecule has 0 N–H and O–H groups in total. The lowest BCUT2D eigenvalue weighted by molar-refractivity contribution is -0.133. The molecule has 0 unspecified atom stereocenters. The lowest BCUT2D eigenvalue weighted by atomic mass is 10.1. The summed E-state index contributed by atoms with van der Waals surface area (Å²) in [6.07, 6.45) is 0. The van der Waals surface area contributed by atoms with Gasteiger partial charge in [0.2, 0.25) is 11.8 Å². The van der Waals surface area contributed by atoms with E-state index in [0.717, 1.165) is 22.3 Å². The fourth-order valence-corrected chi connectivity index (χ4v) is 3.59. The van der Waals surface area contributed by atoms with Crippen LogP contribution in [0.3, 0.4) is 0 Å². The SMILES string of the molecule is Cc1ccc(-c2nnc(-c3ccc(C(=O)OCC(=O)N(C)Cc4ccc(C)cc4C)cc3)o2)cc1. The van der Waals surface area contributed by atoms with Crippen LogP contribution in [0, 0.1) is 20.8 Å². The molecule has 0 spiro atoms. The lowest BCUT2D eigenvalue weighted by Gasteiger charge is -2.18. The molecule has 1 amide bonds. The van der Waals surface area contributed by atoms with Crippen LogP contribution in [0.2, 0.25) is 0 Å². The minimum Gasteiger partial charge on any atom is -0.452 e. The van der Waals surface area contributed by atoms with Crippen LogP contribution in [-0.2, 0) is 16.1 Å². The van der Waals surface area contributed by atoms with E-state index < -0.39 is 5.97 Å². The smallest absolute Gasteiger partial charge is 0.338 e. The molecule has 0 aliphatic carbocycles. The second-order valence-electron chi connectivity index (χ2n) is 8.61. The number of esters is 1. The van der Waals surface area contributed by atoms with Crippen molar-refractivity contribution >= 4 is 11.9 Å². The first kappa shape index (κ1) is 23.9. The van der Waals surface area contributed by atoms with Crippen LogP contribution in [-0.4, -0.2) is 40.6 Å². The van der Waals surface area contributed by atoms with Crippen molar-refractivity contribution in [2.45, 2.75) is 27.3 Å². The quantitative estimate of drug-likeness (QED) is 0.348. The number of aromatic nitrogens is 2. The molecular formula is C28H27N3O4. The first-order chi connectivity index (χ1) is 16.8. The van der Waals surface area contributed by atoms with Crippen molar-refractivity contribution in [1.82, 2.24) is 15.1 Å². The van der Waals surface area contributed by atoms with Crippen LogP contribution in [0.1, 0.15) is 32.6 Å². The van der Waals surface area contributed by atoms with Crippen molar-refractivity contribution in [1.29, 1.82) is 0 Å². The molecule has 7 nitrogen and oxygen atoms in total. The topological polar surface area (TPSA) is 85.5 Å². The van der Waals surface area contributed by atoms with Gasteiger partial charge in [0, 0.05) is 24.7 Å². The molecule has 0 fully saturated rings. The maximum atomic E-state index is 12.5. The van der Waals surface area contributed by atoms with Crippen molar-refractivity contribution < 1.29 is 18.7 Å². The van der Waals surface area contributed by atoms with Gasteiger partial charge in [0.25, 0.3) is 5.91 Å². The van der Waals surface area contributed by atoms with Crippen LogP contribution >= 0.6 is 0 Å². The Kier molecular flexibility index (Phi) is 7.06. The number of amides is 1. The van der Waals surface area contributed by atoms with Gasteiger partial charge in [-0.3, -0.25) is 4.79 Å². The van der Waals surface area contributed by atoms with E-state index in [1.165, 1.54) is 5.56 Å². The molecule has 4 aromatic rings. The Morgan fingerprint density at radius 1 is 0.829 bits per heavy atom. The Bertz CT molecular complexity index is 1340. The Hall–Kier alpha value is -4.26. The third-order valence-corrected chi connectivity index (χ3v) is 5.75. The minimum absolute atomic E-state index is 0.274. The monoisotopic (exact) mass is 469 g/mol. The molecule has 0 aliphatic heterocycles. The van der Waals surface area contributed by atoms with E-state index in [9.17, 15) is 9.59 Å². The normalized spacial score (nSPS) is 10.7. The number of likely N-dealkylation sites (N-methyl/N-ethyl adjacent to an activating group) is 1. The Labute approximate surface area is 204 Å². The molecule has 35 heavy (non-hydrogen) atoms. The largest absolute Gasteiger partial charge is 0.452 e. The second kappa shape index (κ2) is 10.3. The highest BCUT2D eigenvalue weighted by Gasteiger charge is 2.16. The number of carbonyl (C=O) groups is 2. The summed E-state index contributed by atoms with van der Waals surface area (Å²) in [5.41, 5.74) is 6.33. The standard InChI is InChI=1S/C28H27N3O4/c1-18-5-8-21(9-6-18)26-29-30-27(35-26)22-11-13-23(14-12-22)28(33)34-17-25(32)31(4)16-24-10-7-19(2)15-20(24)3/h5-15H,16-17H2,1-4H3. The fraction of sp³-hybridized carbons (Fsp3) is 0.214. The Balaban J connectivity index is 1.33. The third-order valence-electron chi connectivity index (χ3n) is 5.75. The molecule has 7 heteroatoms. The van der Waals surface area contributed by atoms with Gasteiger partial charge in [0.15, 0.2) is 6.61 Å². The van der Waals surface area contributed by atoms with Crippen molar-refractivity contribution in [2.75, 3.05) is 13.7 Å². The molecule has 0 atom stereocenters. The summed E-state index contributed by atoms with van der Waals surface area (Å²) in [4.78, 5) is 26.5. The van der Waals surface area contributed by atoms with Crippen LogP contribution in [0.5, 0.6) is 0 Å². The van der Waals surface area contributed by atoms with E-state index in [-0.39, 0.29) is 12.5 Å². The first-order valence-electron chi connectivity index (χ1n) is 11.3. The lowest BCUT2D eigenvalue weighted by Crippen LogP contribution is -2.31. The molecule has 178 valence electrons. The summed E-state index contributed by atoms with van der Waals surface area (Å²) < 4.78 is 11.0. The van der Waals surface area contributed by atoms with E-state index in [4.69, 9.17) is 9.15 Å². The highest BCUT2D eigenvalue weighted by molar-refractivity contribution is 5.91. The number of ether oxygens (including phenoxy) is 1. The highest BCUT2D eigenvalue weighted by atomic mass is 16.5. The van der Waals surface area contributed by atoms with E-state index in [1.54, 1.807) is 36.2 Å². The Morgan fingerprint density at radius 3 is 2.00 bits per heavy atom. The highest BCUT2D eigenvalue weighted by Crippen LogP contribution is 2.24. The van der Waals surface area contributed by atoms with Crippen LogP contribution < -0.4 is 0 Å². The van der Waals surface area contributed by atoms with Crippen molar-refractivity contribution in [3.63, 3.8) is 0 Å². The van der Waals surface area contributed by atoms with Gasteiger partial charge in [-0.1, -0.05) is 41.5 Å². The fourth-order valence-electron chi connectivity index (χ4n) is 3.59. The molecule has 0 saturated carbocycles. The summed E-state index contributed by atoms with van der Waals surface area (Å²) in [6, 6.07) is 20.5. The molecular weight excluding hydrogens is 442 g/mol. The third kappa shape index (κ3) is 5.81. The van der Waals surface area contributed by atoms with E-state index >= 15 is 0 Å². The van der Waals surface area contributed by atoms with Gasteiger partial charge in [-0.15, -0.1) is 10.2 Å². The van der Waals surface area contributed by atoms with Gasteiger partial charge < -0.3 is 14.1 Å². The van der Waals surface area contributed by atoms with Gasteiger partial charge >= 0.3 is 5.97 Å². The number of carbonyl (C=O) groups excluding carboxylic acids is 2. The van der Waals surface area contributed by atoms with Crippen molar-refractivity contribution in [2.24, 2.45) is 0 Å². The zero-order valence-corrected chi connectivity index (χ0v) is 20.2. The number of rotatable bonds is 7. The minimum atomic E-state index is -0.573. The number of benzene rings is 3. The number of nitrogens with zero attached hydrogens (tertiary/aromatic N) is 3. The molecule has 0 aliphatic rings. The predicted molar refractivity (Wildman–Crippen MR) is 133 cm³/mol. The maximum Gasteiger partial charge on any atom is 0.338 e. The molecule has 0 bridgehead atoms. The molecule has 3 aromatic carbocycles. The number of hydrogen-bond acceptors (Lipinski definition) is 6. The number of aryl methyl sites for hydroxylation is 3. The summed E-state index contributed by atoms with van der Waals surface area (Å²) in [7, 11) is 1.69. The maximum absolute atomic E-state index is 12.5. The molecule has 0 saturated heterocycles. The van der Waals surface area contributed by atoms with Gasteiger partial charge in [0.05, 0.1) is 5.56 Å². The zero-order chi connectivity index (χ0) is 24.9. The first-order valence-corrected chi connectivity index (χ1v) is 11.3. The average molecular weight is 470 g/mol. The molecule has 1 aromatic heterocycles.